The monoisotopic (exact) mass is 373 g/mol. The Labute approximate surface area is 155 Å². The molecule has 5 nitrogen and oxygen atoms in total. The van der Waals surface area contributed by atoms with Crippen molar-refractivity contribution in [3.63, 3.8) is 0 Å². The maximum atomic E-state index is 11.8. The van der Waals surface area contributed by atoms with Crippen LogP contribution in [0.5, 0.6) is 0 Å². The number of ether oxygens (including phenoxy) is 1. The topological polar surface area (TPSA) is 59.1 Å². The van der Waals surface area contributed by atoms with Crippen LogP contribution in [-0.2, 0) is 4.74 Å². The van der Waals surface area contributed by atoms with Gasteiger partial charge in [0.25, 0.3) is 0 Å². The second kappa shape index (κ2) is 7.13. The number of H-pyrrole nitrogens is 1. The van der Waals surface area contributed by atoms with E-state index in [2.05, 4.69) is 10.4 Å². The highest BCUT2D eigenvalue weighted by molar-refractivity contribution is 7.71. The summed E-state index contributed by atoms with van der Waals surface area (Å²) >= 11 is 11.5. The van der Waals surface area contributed by atoms with Gasteiger partial charge in [0.1, 0.15) is 0 Å². The van der Waals surface area contributed by atoms with Crippen LogP contribution in [0.4, 0.5) is 5.69 Å². The van der Waals surface area contributed by atoms with Crippen molar-refractivity contribution in [3.8, 4) is 11.3 Å². The highest BCUT2D eigenvalue weighted by Crippen LogP contribution is 2.26. The van der Waals surface area contributed by atoms with Gasteiger partial charge in [-0.1, -0.05) is 29.8 Å². The van der Waals surface area contributed by atoms with E-state index >= 15 is 0 Å². The molecule has 0 unspecified atom stereocenters. The lowest BCUT2D eigenvalue weighted by molar-refractivity contribution is 0.0601. The standard InChI is InChI=1S/C18H16ClN3O2S/c1-11-16(12-5-3-6-13(9-12)17(23)24-2)22(18(25)20-11)21-15-8-4-7-14(19)10-15/h3-10,21H,1-2H3,(H,20,25). The number of aromatic nitrogens is 2. The van der Waals surface area contributed by atoms with Crippen LogP contribution in [-0.4, -0.2) is 22.7 Å². The lowest BCUT2D eigenvalue weighted by Crippen LogP contribution is -2.11. The van der Waals surface area contributed by atoms with Crippen molar-refractivity contribution in [2.24, 2.45) is 0 Å². The normalized spacial score (nSPS) is 10.5. The van der Waals surface area contributed by atoms with Crippen LogP contribution in [0.2, 0.25) is 5.02 Å². The van der Waals surface area contributed by atoms with Crippen LogP contribution in [0.25, 0.3) is 11.3 Å². The van der Waals surface area contributed by atoms with Crippen LogP contribution in [0, 0.1) is 11.7 Å². The number of benzene rings is 2. The molecular formula is C18H16ClN3O2S. The summed E-state index contributed by atoms with van der Waals surface area (Å²) in [4.78, 5) is 15.0. The first-order valence-electron chi connectivity index (χ1n) is 7.52. The molecule has 3 rings (SSSR count). The number of halogens is 1. The van der Waals surface area contributed by atoms with Gasteiger partial charge in [-0.25, -0.2) is 9.47 Å². The summed E-state index contributed by atoms with van der Waals surface area (Å²) in [6.07, 6.45) is 0. The Balaban J connectivity index is 2.08. The Morgan fingerprint density at radius 2 is 2.00 bits per heavy atom. The predicted molar refractivity (Wildman–Crippen MR) is 102 cm³/mol. The van der Waals surface area contributed by atoms with E-state index < -0.39 is 0 Å². The Morgan fingerprint density at radius 1 is 1.24 bits per heavy atom. The third-order valence-corrected chi connectivity index (χ3v) is 4.22. The molecule has 2 N–H and O–H groups in total. The minimum Gasteiger partial charge on any atom is -0.465 e. The molecule has 0 aliphatic heterocycles. The van der Waals surface area contributed by atoms with E-state index in [4.69, 9.17) is 28.6 Å². The predicted octanol–water partition coefficient (Wildman–Crippen LogP) is 4.84. The molecule has 0 spiro atoms. The number of esters is 1. The van der Waals surface area contributed by atoms with Gasteiger partial charge in [0.2, 0.25) is 0 Å². The van der Waals surface area contributed by atoms with Gasteiger partial charge >= 0.3 is 5.97 Å². The number of aryl methyl sites for hydroxylation is 1. The molecule has 3 aromatic rings. The van der Waals surface area contributed by atoms with E-state index in [1.165, 1.54) is 7.11 Å². The minimum absolute atomic E-state index is 0.386. The van der Waals surface area contributed by atoms with Crippen molar-refractivity contribution < 1.29 is 9.53 Å². The summed E-state index contributed by atoms with van der Waals surface area (Å²) in [5.41, 5.74) is 7.06. The van der Waals surface area contributed by atoms with E-state index in [1.807, 2.05) is 25.1 Å². The molecule has 0 atom stereocenters. The van der Waals surface area contributed by atoms with Gasteiger partial charge in [0.05, 0.1) is 24.1 Å². The number of carbonyl (C=O) groups is 1. The molecule has 0 bridgehead atoms. The average Bonchev–Trinajstić information content (AvgIpc) is 2.88. The molecule has 128 valence electrons. The zero-order valence-corrected chi connectivity index (χ0v) is 15.2. The van der Waals surface area contributed by atoms with Gasteiger partial charge in [-0.15, -0.1) is 0 Å². The van der Waals surface area contributed by atoms with Crippen LogP contribution in [0.3, 0.4) is 0 Å². The second-order valence-electron chi connectivity index (χ2n) is 5.43. The smallest absolute Gasteiger partial charge is 0.337 e. The fourth-order valence-corrected chi connectivity index (χ4v) is 3.08. The summed E-state index contributed by atoms with van der Waals surface area (Å²) in [7, 11) is 1.36. The molecule has 0 fully saturated rings. The molecule has 0 amide bonds. The van der Waals surface area contributed by atoms with E-state index in [0.717, 1.165) is 22.6 Å². The van der Waals surface area contributed by atoms with Gasteiger partial charge in [-0.2, -0.15) is 0 Å². The molecule has 0 saturated carbocycles. The number of nitrogens with zero attached hydrogens (tertiary/aromatic N) is 1. The van der Waals surface area contributed by atoms with Crippen molar-refractivity contribution in [2.45, 2.75) is 6.92 Å². The summed E-state index contributed by atoms with van der Waals surface area (Å²) < 4.78 is 7.06. The SMILES string of the molecule is COC(=O)c1cccc(-c2c(C)[nH]c(=S)n2Nc2cccc(Cl)c2)c1. The Hall–Kier alpha value is -2.57. The van der Waals surface area contributed by atoms with Crippen LogP contribution in [0.15, 0.2) is 48.5 Å². The summed E-state index contributed by atoms with van der Waals surface area (Å²) in [6, 6.07) is 14.5. The van der Waals surface area contributed by atoms with Gasteiger partial charge in [0.15, 0.2) is 4.77 Å². The van der Waals surface area contributed by atoms with Crippen molar-refractivity contribution in [1.82, 2.24) is 9.66 Å². The Morgan fingerprint density at radius 3 is 2.72 bits per heavy atom. The molecule has 0 radical (unpaired) electrons. The third kappa shape index (κ3) is 3.60. The second-order valence-corrected chi connectivity index (χ2v) is 6.26. The van der Waals surface area contributed by atoms with Crippen LogP contribution >= 0.6 is 23.8 Å². The molecule has 25 heavy (non-hydrogen) atoms. The molecule has 1 aromatic heterocycles. The summed E-state index contributed by atoms with van der Waals surface area (Å²) in [5, 5.41) is 0.623. The van der Waals surface area contributed by atoms with Crippen molar-refractivity contribution in [1.29, 1.82) is 0 Å². The molecule has 2 aromatic carbocycles. The Kier molecular flexibility index (Phi) is 4.92. The van der Waals surface area contributed by atoms with Gasteiger partial charge in [-0.3, -0.25) is 5.43 Å². The highest BCUT2D eigenvalue weighted by atomic mass is 35.5. The summed E-state index contributed by atoms with van der Waals surface area (Å²) in [6.45, 7) is 1.92. The minimum atomic E-state index is -0.386. The largest absolute Gasteiger partial charge is 0.465 e. The van der Waals surface area contributed by atoms with E-state index in [-0.39, 0.29) is 5.97 Å². The first-order valence-corrected chi connectivity index (χ1v) is 8.31. The summed E-state index contributed by atoms with van der Waals surface area (Å²) in [5.74, 6) is -0.386. The lowest BCUT2D eigenvalue weighted by Gasteiger charge is -2.13. The average molecular weight is 374 g/mol. The van der Waals surface area contributed by atoms with Crippen molar-refractivity contribution >= 4 is 35.5 Å². The molecular weight excluding hydrogens is 358 g/mol. The van der Waals surface area contributed by atoms with Crippen LogP contribution in [0.1, 0.15) is 16.1 Å². The number of methoxy groups -OCH3 is 1. The van der Waals surface area contributed by atoms with E-state index in [0.29, 0.717) is 15.4 Å². The van der Waals surface area contributed by atoms with Crippen molar-refractivity contribution in [3.05, 3.63) is 69.6 Å². The number of aromatic amines is 1. The first kappa shape index (κ1) is 17.3. The zero-order chi connectivity index (χ0) is 18.0. The van der Waals surface area contributed by atoms with Gasteiger partial charge in [-0.05, 0) is 49.5 Å². The van der Waals surface area contributed by atoms with Gasteiger partial charge < -0.3 is 9.72 Å². The maximum absolute atomic E-state index is 11.8. The number of carbonyl (C=O) groups excluding carboxylic acids is 1. The van der Waals surface area contributed by atoms with E-state index in [1.54, 1.807) is 35.0 Å². The number of nitrogens with one attached hydrogen (secondary N) is 2. The number of imidazole rings is 1. The number of rotatable bonds is 4. The third-order valence-electron chi connectivity index (χ3n) is 3.70. The number of hydrogen-bond acceptors (Lipinski definition) is 4. The van der Waals surface area contributed by atoms with Crippen molar-refractivity contribution in [2.75, 3.05) is 12.5 Å². The number of anilines is 1. The maximum Gasteiger partial charge on any atom is 0.337 e. The fourth-order valence-electron chi connectivity index (χ4n) is 2.60. The molecule has 7 heteroatoms. The van der Waals surface area contributed by atoms with Gasteiger partial charge in [0, 0.05) is 16.3 Å². The zero-order valence-electron chi connectivity index (χ0n) is 13.7. The fraction of sp³-hybridized carbons (Fsp3) is 0.111. The molecule has 0 aliphatic carbocycles. The Bertz CT molecular complexity index is 994. The molecule has 0 saturated heterocycles. The van der Waals surface area contributed by atoms with E-state index in [9.17, 15) is 4.79 Å². The highest BCUT2D eigenvalue weighted by Gasteiger charge is 2.14. The molecule has 1 heterocycles. The quantitative estimate of drug-likeness (QED) is 0.507. The lowest BCUT2D eigenvalue weighted by atomic mass is 10.1. The van der Waals surface area contributed by atoms with Crippen LogP contribution < -0.4 is 5.43 Å². The molecule has 0 aliphatic rings. The number of hydrogen-bond donors (Lipinski definition) is 2. The first-order chi connectivity index (χ1) is 12.0.